The Morgan fingerprint density at radius 1 is 0.513 bits per heavy atom. The fourth-order valence-corrected chi connectivity index (χ4v) is 7.08. The number of pyridine rings is 1. The highest BCUT2D eigenvalue weighted by Gasteiger charge is 2.16. The molecule has 0 N–H and O–H groups in total. The predicted octanol–water partition coefficient (Wildman–Crippen LogP) is 10.5. The molecule has 0 aliphatic heterocycles. The number of rotatable bonds is 4. The molecule has 0 spiro atoms. The monoisotopic (exact) mass is 534 g/mol. The van der Waals surface area contributed by atoms with Crippen LogP contribution in [-0.4, -0.2) is 9.55 Å². The molecule has 0 atom stereocenters. The highest BCUT2D eigenvalue weighted by molar-refractivity contribution is 7.13. The quantitative estimate of drug-likeness (QED) is 0.220. The summed E-state index contributed by atoms with van der Waals surface area (Å²) >= 11 is 3.57. The fourth-order valence-electron chi connectivity index (χ4n) is 5.64. The van der Waals surface area contributed by atoms with Crippen LogP contribution in [0.4, 0.5) is 0 Å². The fraction of sp³-hybridized carbons (Fsp3) is 0. The second-order valence-corrected chi connectivity index (χ2v) is 11.6. The summed E-state index contributed by atoms with van der Waals surface area (Å²) in [4.78, 5) is 7.37. The highest BCUT2D eigenvalue weighted by Crippen LogP contribution is 2.39. The van der Waals surface area contributed by atoms with E-state index in [0.29, 0.717) is 0 Å². The van der Waals surface area contributed by atoms with E-state index in [9.17, 15) is 0 Å². The Kier molecular flexibility index (Phi) is 5.22. The Labute approximate surface area is 234 Å². The number of aromatic nitrogens is 2. The second-order valence-electron chi connectivity index (χ2n) is 9.68. The van der Waals surface area contributed by atoms with Gasteiger partial charge in [0, 0.05) is 43.4 Å². The lowest BCUT2D eigenvalue weighted by Crippen LogP contribution is -1.95. The molecule has 2 nitrogen and oxygen atoms in total. The van der Waals surface area contributed by atoms with Crippen LogP contribution in [0.5, 0.6) is 0 Å². The third-order valence-electron chi connectivity index (χ3n) is 7.43. The molecule has 0 unspecified atom stereocenters. The average Bonchev–Trinajstić information content (AvgIpc) is 3.77. The van der Waals surface area contributed by atoms with Gasteiger partial charge in [-0.15, -0.1) is 22.7 Å². The molecule has 4 heterocycles. The third kappa shape index (κ3) is 3.72. The zero-order valence-corrected chi connectivity index (χ0v) is 22.5. The van der Waals surface area contributed by atoms with E-state index >= 15 is 0 Å². The van der Waals surface area contributed by atoms with Crippen molar-refractivity contribution in [2.45, 2.75) is 0 Å². The maximum absolute atomic E-state index is 4.80. The Bertz CT molecular complexity index is 2020. The van der Waals surface area contributed by atoms with Crippen LogP contribution in [0, 0.1) is 0 Å². The van der Waals surface area contributed by atoms with Gasteiger partial charge in [-0.25, -0.2) is 0 Å². The van der Waals surface area contributed by atoms with Crippen molar-refractivity contribution in [3.8, 4) is 37.8 Å². The largest absolute Gasteiger partial charge is 0.309 e. The third-order valence-corrected chi connectivity index (χ3v) is 9.27. The standard InChI is InChI=1S/C35H22N2S2/c1-2-9-28-23(6-1)16-17-36-35(28)26-7-3-8-27(20-26)37-31-14-12-24(33-10-4-18-38-33)21-29(31)30-22-25(13-15-32(30)37)34-11-5-19-39-34/h1-22H. The molecule has 0 bridgehead atoms. The minimum atomic E-state index is 1.01. The minimum absolute atomic E-state index is 1.01. The van der Waals surface area contributed by atoms with Crippen LogP contribution in [0.3, 0.4) is 0 Å². The summed E-state index contributed by atoms with van der Waals surface area (Å²) < 4.78 is 2.40. The van der Waals surface area contributed by atoms with Crippen molar-refractivity contribution in [2.24, 2.45) is 0 Å². The Morgan fingerprint density at radius 3 is 1.87 bits per heavy atom. The van der Waals surface area contributed by atoms with E-state index in [0.717, 1.165) is 16.9 Å². The number of nitrogens with zero attached hydrogens (tertiary/aromatic N) is 2. The van der Waals surface area contributed by atoms with Crippen LogP contribution in [0.25, 0.3) is 70.4 Å². The Balaban J connectivity index is 1.38. The van der Waals surface area contributed by atoms with Crippen molar-refractivity contribution in [2.75, 3.05) is 0 Å². The summed E-state index contributed by atoms with van der Waals surface area (Å²) in [5, 5.41) is 9.19. The number of hydrogen-bond acceptors (Lipinski definition) is 3. The van der Waals surface area contributed by atoms with Crippen molar-refractivity contribution in [3.63, 3.8) is 0 Å². The summed E-state index contributed by atoms with van der Waals surface area (Å²) in [5.41, 5.74) is 8.18. The van der Waals surface area contributed by atoms with Crippen molar-refractivity contribution < 1.29 is 0 Å². The number of benzene rings is 4. The first-order valence-electron chi connectivity index (χ1n) is 12.9. The van der Waals surface area contributed by atoms with Gasteiger partial charge in [0.2, 0.25) is 0 Å². The van der Waals surface area contributed by atoms with E-state index < -0.39 is 0 Å². The lowest BCUT2D eigenvalue weighted by molar-refractivity contribution is 1.18. The zero-order chi connectivity index (χ0) is 25.8. The molecule has 0 aliphatic carbocycles. The smallest absolute Gasteiger partial charge is 0.0781 e. The maximum Gasteiger partial charge on any atom is 0.0781 e. The molecule has 0 saturated carbocycles. The molecule has 4 aromatic heterocycles. The lowest BCUT2D eigenvalue weighted by atomic mass is 10.0. The van der Waals surface area contributed by atoms with Gasteiger partial charge < -0.3 is 4.57 Å². The number of hydrogen-bond donors (Lipinski definition) is 0. The molecule has 39 heavy (non-hydrogen) atoms. The molecule has 0 fully saturated rings. The normalized spacial score (nSPS) is 11.6. The Morgan fingerprint density at radius 2 is 1.21 bits per heavy atom. The molecule has 0 radical (unpaired) electrons. The lowest BCUT2D eigenvalue weighted by Gasteiger charge is -2.11. The molecule has 8 aromatic rings. The molecule has 4 heteroatoms. The Hall–Kier alpha value is -4.51. The van der Waals surface area contributed by atoms with E-state index in [4.69, 9.17) is 4.98 Å². The van der Waals surface area contributed by atoms with Crippen molar-refractivity contribution >= 4 is 55.3 Å². The minimum Gasteiger partial charge on any atom is -0.309 e. The molecular weight excluding hydrogens is 513 g/mol. The maximum atomic E-state index is 4.80. The predicted molar refractivity (Wildman–Crippen MR) is 168 cm³/mol. The van der Waals surface area contributed by atoms with Gasteiger partial charge in [0.15, 0.2) is 0 Å². The van der Waals surface area contributed by atoms with Crippen LogP contribution >= 0.6 is 22.7 Å². The van der Waals surface area contributed by atoms with E-state index in [-0.39, 0.29) is 0 Å². The van der Waals surface area contributed by atoms with Crippen LogP contribution < -0.4 is 0 Å². The molecule has 0 amide bonds. The topological polar surface area (TPSA) is 17.8 Å². The van der Waals surface area contributed by atoms with Gasteiger partial charge in [-0.1, -0.05) is 60.7 Å². The van der Waals surface area contributed by atoms with E-state index in [1.807, 2.05) is 6.20 Å². The van der Waals surface area contributed by atoms with E-state index in [1.165, 1.54) is 53.5 Å². The van der Waals surface area contributed by atoms with Gasteiger partial charge in [-0.2, -0.15) is 0 Å². The zero-order valence-electron chi connectivity index (χ0n) is 20.9. The molecule has 0 saturated heterocycles. The number of thiophene rings is 2. The molecule has 184 valence electrons. The summed E-state index contributed by atoms with van der Waals surface area (Å²) in [6.45, 7) is 0. The second kappa shape index (κ2) is 9.05. The van der Waals surface area contributed by atoms with Crippen molar-refractivity contribution in [3.05, 3.63) is 132 Å². The molecular formula is C35H22N2S2. The summed E-state index contributed by atoms with van der Waals surface area (Å²) in [6, 6.07) is 41.7. The van der Waals surface area contributed by atoms with Crippen molar-refractivity contribution in [1.82, 2.24) is 9.55 Å². The summed E-state index contributed by atoms with van der Waals surface area (Å²) in [7, 11) is 0. The summed E-state index contributed by atoms with van der Waals surface area (Å²) in [5.74, 6) is 0. The van der Waals surface area contributed by atoms with Gasteiger partial charge in [-0.3, -0.25) is 4.98 Å². The van der Waals surface area contributed by atoms with Crippen LogP contribution in [0.15, 0.2) is 132 Å². The first-order chi connectivity index (χ1) is 19.3. The van der Waals surface area contributed by atoms with Gasteiger partial charge in [-0.05, 0) is 81.9 Å². The van der Waals surface area contributed by atoms with Gasteiger partial charge in [0.05, 0.1) is 16.7 Å². The molecule has 0 aliphatic rings. The number of fused-ring (bicyclic) bond motifs is 4. The molecule has 8 rings (SSSR count). The first kappa shape index (κ1) is 22.5. The van der Waals surface area contributed by atoms with E-state index in [2.05, 4.69) is 131 Å². The average molecular weight is 535 g/mol. The van der Waals surface area contributed by atoms with Gasteiger partial charge in [0.25, 0.3) is 0 Å². The summed E-state index contributed by atoms with van der Waals surface area (Å²) in [6.07, 6.45) is 1.91. The first-order valence-corrected chi connectivity index (χ1v) is 14.7. The van der Waals surface area contributed by atoms with Gasteiger partial charge >= 0.3 is 0 Å². The van der Waals surface area contributed by atoms with Crippen LogP contribution in [0.1, 0.15) is 0 Å². The van der Waals surface area contributed by atoms with Crippen LogP contribution in [-0.2, 0) is 0 Å². The van der Waals surface area contributed by atoms with Gasteiger partial charge in [0.1, 0.15) is 0 Å². The van der Waals surface area contributed by atoms with Crippen molar-refractivity contribution in [1.29, 1.82) is 0 Å². The SMILES string of the molecule is c1cc(-c2nccc3ccccc23)cc(-n2c3ccc(-c4cccs4)cc3c3cc(-c4cccs4)ccc32)c1. The van der Waals surface area contributed by atoms with Crippen LogP contribution in [0.2, 0.25) is 0 Å². The molecule has 4 aromatic carbocycles. The highest BCUT2D eigenvalue weighted by atomic mass is 32.1. The van der Waals surface area contributed by atoms with E-state index in [1.54, 1.807) is 22.7 Å².